The lowest BCUT2D eigenvalue weighted by Gasteiger charge is -2.21. The Morgan fingerprint density at radius 2 is 1.72 bits per heavy atom. The highest BCUT2D eigenvalue weighted by atomic mass is 16.5. The van der Waals surface area contributed by atoms with Crippen molar-refractivity contribution in [1.82, 2.24) is 0 Å². The molecule has 1 unspecified atom stereocenters. The molecule has 0 fully saturated rings. The van der Waals surface area contributed by atoms with Crippen LogP contribution in [0.25, 0.3) is 0 Å². The molecule has 0 amide bonds. The highest BCUT2D eigenvalue weighted by Gasteiger charge is 2.24. The van der Waals surface area contributed by atoms with E-state index in [1.54, 1.807) is 7.11 Å². The molecule has 1 rings (SSSR count). The Morgan fingerprint density at radius 3 is 2.11 bits per heavy atom. The number of carbonyl (C=O) groups is 1. The van der Waals surface area contributed by atoms with Gasteiger partial charge in [-0.25, -0.2) is 0 Å². The van der Waals surface area contributed by atoms with E-state index in [1.165, 1.54) is 0 Å². The molecule has 0 bridgehead atoms. The molecule has 3 nitrogen and oxygen atoms in total. The van der Waals surface area contributed by atoms with Gasteiger partial charge in [-0.3, -0.25) is 4.79 Å². The third kappa shape index (κ3) is 2.91. The number of ether oxygens (including phenoxy) is 1. The highest BCUT2D eigenvalue weighted by molar-refractivity contribution is 5.77. The quantitative estimate of drug-likeness (QED) is 0.873. The van der Waals surface area contributed by atoms with Gasteiger partial charge < -0.3 is 9.84 Å². The van der Waals surface area contributed by atoms with Gasteiger partial charge in [0.25, 0.3) is 0 Å². The van der Waals surface area contributed by atoms with Crippen molar-refractivity contribution >= 4 is 5.97 Å². The van der Waals surface area contributed by atoms with Gasteiger partial charge in [0.05, 0.1) is 5.92 Å². The number of carboxylic acids is 1. The van der Waals surface area contributed by atoms with Crippen LogP contribution in [0.3, 0.4) is 0 Å². The molecular formula is C15H22O3. The molecule has 0 saturated heterocycles. The molecule has 0 saturated carbocycles. The van der Waals surface area contributed by atoms with Crippen LogP contribution in [-0.2, 0) is 9.53 Å². The first kappa shape index (κ1) is 14.7. The molecule has 0 aliphatic carbocycles. The third-order valence-electron chi connectivity index (χ3n) is 3.68. The summed E-state index contributed by atoms with van der Waals surface area (Å²) in [7, 11) is 1.60. The average Bonchev–Trinajstić information content (AvgIpc) is 2.30. The highest BCUT2D eigenvalue weighted by Crippen LogP contribution is 2.31. The molecule has 0 radical (unpaired) electrons. The molecule has 0 aliphatic heterocycles. The molecule has 3 heteroatoms. The van der Waals surface area contributed by atoms with Crippen LogP contribution in [0.5, 0.6) is 0 Å². The largest absolute Gasteiger partial charge is 0.481 e. The zero-order valence-corrected chi connectivity index (χ0v) is 11.8. The first-order valence-corrected chi connectivity index (χ1v) is 6.19. The molecule has 0 aromatic heterocycles. The number of hydrogen-bond acceptors (Lipinski definition) is 2. The first-order chi connectivity index (χ1) is 8.40. The molecule has 18 heavy (non-hydrogen) atoms. The van der Waals surface area contributed by atoms with Crippen molar-refractivity contribution < 1.29 is 14.6 Å². The van der Waals surface area contributed by atoms with Crippen LogP contribution < -0.4 is 0 Å². The maximum atomic E-state index is 11.5. The molecule has 0 spiro atoms. The molecule has 1 aromatic carbocycles. The minimum atomic E-state index is -0.775. The maximum absolute atomic E-state index is 11.5. The summed E-state index contributed by atoms with van der Waals surface area (Å²) in [5.41, 5.74) is 5.42. The number of benzene rings is 1. The van der Waals surface area contributed by atoms with E-state index in [4.69, 9.17) is 4.74 Å². The summed E-state index contributed by atoms with van der Waals surface area (Å²) in [5.74, 6) is -1.26. The molecule has 1 N–H and O–H groups in total. The molecule has 1 aromatic rings. The van der Waals surface area contributed by atoms with E-state index in [9.17, 15) is 9.90 Å². The van der Waals surface area contributed by atoms with Gasteiger partial charge >= 0.3 is 5.97 Å². The summed E-state index contributed by atoms with van der Waals surface area (Å²) in [6.07, 6.45) is 0.510. The number of carboxylic acid groups (broad SMARTS) is 1. The van der Waals surface area contributed by atoms with Gasteiger partial charge in [0.1, 0.15) is 0 Å². The van der Waals surface area contributed by atoms with E-state index in [-0.39, 0.29) is 0 Å². The molecule has 0 aliphatic rings. The predicted octanol–water partition coefficient (Wildman–Crippen LogP) is 3.12. The number of methoxy groups -OCH3 is 1. The van der Waals surface area contributed by atoms with E-state index in [1.807, 2.05) is 27.7 Å². The summed E-state index contributed by atoms with van der Waals surface area (Å²) in [6.45, 7) is 8.52. The zero-order valence-electron chi connectivity index (χ0n) is 11.8. The minimum Gasteiger partial charge on any atom is -0.481 e. The number of hydrogen-bond donors (Lipinski definition) is 1. The topological polar surface area (TPSA) is 46.5 Å². The summed E-state index contributed by atoms with van der Waals surface area (Å²) >= 11 is 0. The van der Waals surface area contributed by atoms with E-state index in [0.29, 0.717) is 13.0 Å². The van der Waals surface area contributed by atoms with Crippen LogP contribution in [-0.4, -0.2) is 24.8 Å². The summed E-state index contributed by atoms with van der Waals surface area (Å²) in [5, 5.41) is 9.43. The normalized spacial score (nSPS) is 12.5. The van der Waals surface area contributed by atoms with Crippen molar-refractivity contribution in [3.05, 3.63) is 33.9 Å². The lowest BCUT2D eigenvalue weighted by Crippen LogP contribution is -2.17. The van der Waals surface area contributed by atoms with Crippen molar-refractivity contribution in [2.45, 2.75) is 40.0 Å². The molecule has 0 heterocycles. The second kappa shape index (κ2) is 6.01. The van der Waals surface area contributed by atoms with Crippen LogP contribution in [0.2, 0.25) is 0 Å². The fourth-order valence-electron chi connectivity index (χ4n) is 2.40. The van der Waals surface area contributed by atoms with Crippen LogP contribution in [0, 0.1) is 27.7 Å². The summed E-state index contributed by atoms with van der Waals surface area (Å²) < 4.78 is 5.02. The Labute approximate surface area is 109 Å². The molecule has 100 valence electrons. The number of aryl methyl sites for hydroxylation is 2. The van der Waals surface area contributed by atoms with Gasteiger partial charge in [0.2, 0.25) is 0 Å². The van der Waals surface area contributed by atoms with Crippen LogP contribution in [0.15, 0.2) is 6.07 Å². The lowest BCUT2D eigenvalue weighted by atomic mass is 9.84. The van der Waals surface area contributed by atoms with E-state index in [2.05, 4.69) is 6.07 Å². The maximum Gasteiger partial charge on any atom is 0.311 e. The summed E-state index contributed by atoms with van der Waals surface area (Å²) in [6, 6.07) is 2.11. The SMILES string of the molecule is COCCC(C(=O)O)c1c(C)c(C)cc(C)c1C. The zero-order chi connectivity index (χ0) is 13.9. The second-order valence-electron chi connectivity index (χ2n) is 4.85. The number of aliphatic carboxylic acids is 1. The van der Waals surface area contributed by atoms with Crippen LogP contribution in [0.4, 0.5) is 0 Å². The third-order valence-corrected chi connectivity index (χ3v) is 3.68. The van der Waals surface area contributed by atoms with Gasteiger partial charge in [-0.15, -0.1) is 0 Å². The first-order valence-electron chi connectivity index (χ1n) is 6.19. The van der Waals surface area contributed by atoms with Gasteiger partial charge in [-0.2, -0.15) is 0 Å². The van der Waals surface area contributed by atoms with Gasteiger partial charge in [-0.05, 0) is 61.9 Å². The Bertz CT molecular complexity index is 423. The fraction of sp³-hybridized carbons (Fsp3) is 0.533. The van der Waals surface area contributed by atoms with E-state index in [0.717, 1.165) is 27.8 Å². The Hall–Kier alpha value is -1.35. The Kier molecular flexibility index (Phi) is 4.91. The van der Waals surface area contributed by atoms with Crippen molar-refractivity contribution in [2.75, 3.05) is 13.7 Å². The fourth-order valence-corrected chi connectivity index (χ4v) is 2.40. The van der Waals surface area contributed by atoms with Gasteiger partial charge in [0.15, 0.2) is 0 Å². The Balaban J connectivity index is 3.31. The summed E-state index contributed by atoms with van der Waals surface area (Å²) in [4.78, 5) is 11.5. The monoisotopic (exact) mass is 250 g/mol. The van der Waals surface area contributed by atoms with Crippen molar-refractivity contribution in [1.29, 1.82) is 0 Å². The van der Waals surface area contributed by atoms with Crippen LogP contribution in [0.1, 0.15) is 40.2 Å². The van der Waals surface area contributed by atoms with Crippen molar-refractivity contribution in [2.24, 2.45) is 0 Å². The van der Waals surface area contributed by atoms with Gasteiger partial charge in [0, 0.05) is 13.7 Å². The predicted molar refractivity (Wildman–Crippen MR) is 72.3 cm³/mol. The lowest BCUT2D eigenvalue weighted by molar-refractivity contribution is -0.139. The molecule has 1 atom stereocenters. The van der Waals surface area contributed by atoms with Crippen LogP contribution >= 0.6 is 0 Å². The van der Waals surface area contributed by atoms with Crippen molar-refractivity contribution in [3.8, 4) is 0 Å². The Morgan fingerprint density at radius 1 is 1.22 bits per heavy atom. The van der Waals surface area contributed by atoms with E-state index >= 15 is 0 Å². The standard InChI is InChI=1S/C15H22O3/c1-9-8-10(2)12(4)14(11(9)3)13(15(16)17)6-7-18-5/h8,13H,6-7H2,1-5H3,(H,16,17). The number of rotatable bonds is 5. The average molecular weight is 250 g/mol. The minimum absolute atomic E-state index is 0.461. The smallest absolute Gasteiger partial charge is 0.311 e. The second-order valence-corrected chi connectivity index (χ2v) is 4.85. The van der Waals surface area contributed by atoms with E-state index < -0.39 is 11.9 Å². The molecular weight excluding hydrogens is 228 g/mol. The van der Waals surface area contributed by atoms with Gasteiger partial charge in [-0.1, -0.05) is 6.07 Å². The van der Waals surface area contributed by atoms with Crippen molar-refractivity contribution in [3.63, 3.8) is 0 Å².